The normalized spacial score (nSPS) is 12.8. The van der Waals surface area contributed by atoms with E-state index in [1.807, 2.05) is 12.1 Å². The van der Waals surface area contributed by atoms with Gasteiger partial charge in [0.1, 0.15) is 0 Å². The second-order valence-electron chi connectivity index (χ2n) is 5.70. The van der Waals surface area contributed by atoms with Gasteiger partial charge >= 0.3 is 0 Å². The summed E-state index contributed by atoms with van der Waals surface area (Å²) in [6.45, 7) is 0. The summed E-state index contributed by atoms with van der Waals surface area (Å²) < 4.78 is 0. The van der Waals surface area contributed by atoms with Crippen LogP contribution in [0.2, 0.25) is 0 Å². The van der Waals surface area contributed by atoms with Crippen molar-refractivity contribution < 1.29 is 9.59 Å². The van der Waals surface area contributed by atoms with Crippen LogP contribution in [0.25, 0.3) is 11.1 Å². The van der Waals surface area contributed by atoms with Crippen LogP contribution in [0, 0.1) is 11.3 Å². The van der Waals surface area contributed by atoms with Gasteiger partial charge in [0.05, 0.1) is 28.4 Å². The van der Waals surface area contributed by atoms with Crippen LogP contribution in [-0.4, -0.2) is 11.8 Å². The fourth-order valence-corrected chi connectivity index (χ4v) is 3.06. The standard InChI is InChI=1S/C21H12N2O2/c22-13-14-9-11-15(12-10-14)17-7-4-8-18-19(17)21(25)23(20(18)24)16-5-2-1-3-6-16/h1-12H. The minimum Gasteiger partial charge on any atom is -0.268 e. The SMILES string of the molecule is N#Cc1ccc(-c2cccc3c2C(=O)N(c2ccccc2)C3=O)cc1. The van der Waals surface area contributed by atoms with Crippen molar-refractivity contribution in [1.82, 2.24) is 0 Å². The molecule has 0 aliphatic carbocycles. The molecule has 1 aliphatic rings. The lowest BCUT2D eigenvalue weighted by molar-refractivity contribution is 0.0926. The van der Waals surface area contributed by atoms with E-state index in [-0.39, 0.29) is 11.8 Å². The fraction of sp³-hybridized carbons (Fsp3) is 0. The molecular formula is C21H12N2O2. The van der Waals surface area contributed by atoms with Gasteiger partial charge in [-0.1, -0.05) is 42.5 Å². The van der Waals surface area contributed by atoms with Crippen molar-refractivity contribution in [2.75, 3.05) is 4.90 Å². The first-order chi connectivity index (χ1) is 12.2. The summed E-state index contributed by atoms with van der Waals surface area (Å²) in [5, 5.41) is 8.94. The van der Waals surface area contributed by atoms with Crippen molar-refractivity contribution >= 4 is 17.5 Å². The Morgan fingerprint density at radius 2 is 1.40 bits per heavy atom. The Kier molecular flexibility index (Phi) is 3.41. The molecule has 4 heteroatoms. The highest BCUT2D eigenvalue weighted by Gasteiger charge is 2.38. The van der Waals surface area contributed by atoms with Gasteiger partial charge in [0.15, 0.2) is 0 Å². The number of hydrogen-bond acceptors (Lipinski definition) is 3. The number of para-hydroxylation sites is 1. The van der Waals surface area contributed by atoms with E-state index < -0.39 is 0 Å². The fourth-order valence-electron chi connectivity index (χ4n) is 3.06. The van der Waals surface area contributed by atoms with Crippen LogP contribution in [0.3, 0.4) is 0 Å². The molecule has 1 heterocycles. The third-order valence-corrected chi connectivity index (χ3v) is 4.25. The Labute approximate surface area is 144 Å². The van der Waals surface area contributed by atoms with Gasteiger partial charge in [-0.05, 0) is 41.5 Å². The van der Waals surface area contributed by atoms with Gasteiger partial charge in [-0.2, -0.15) is 5.26 Å². The number of nitrogens with zero attached hydrogens (tertiary/aromatic N) is 2. The first kappa shape index (κ1) is 14.9. The van der Waals surface area contributed by atoms with E-state index >= 15 is 0 Å². The average Bonchev–Trinajstić information content (AvgIpc) is 2.93. The lowest BCUT2D eigenvalue weighted by Gasteiger charge is -2.13. The molecule has 3 aromatic rings. The lowest BCUT2D eigenvalue weighted by Crippen LogP contribution is -2.29. The molecule has 0 aromatic heterocycles. The van der Waals surface area contributed by atoms with Crippen LogP contribution >= 0.6 is 0 Å². The van der Waals surface area contributed by atoms with Gasteiger partial charge in [-0.25, -0.2) is 4.90 Å². The van der Waals surface area contributed by atoms with Crippen LogP contribution in [0.5, 0.6) is 0 Å². The molecule has 4 rings (SSSR count). The number of nitriles is 1. The van der Waals surface area contributed by atoms with E-state index in [9.17, 15) is 9.59 Å². The number of rotatable bonds is 2. The van der Waals surface area contributed by atoms with Gasteiger partial charge in [0.25, 0.3) is 11.8 Å². The predicted octanol–water partition coefficient (Wildman–Crippen LogP) is 4.03. The minimum atomic E-state index is -0.328. The summed E-state index contributed by atoms with van der Waals surface area (Å²) in [4.78, 5) is 26.9. The van der Waals surface area contributed by atoms with E-state index in [2.05, 4.69) is 6.07 Å². The molecule has 0 N–H and O–H groups in total. The van der Waals surface area contributed by atoms with Gasteiger partial charge in [-0.3, -0.25) is 9.59 Å². The number of amides is 2. The Hall–Kier alpha value is -3.71. The first-order valence-corrected chi connectivity index (χ1v) is 7.78. The highest BCUT2D eigenvalue weighted by Crippen LogP contribution is 2.35. The largest absolute Gasteiger partial charge is 0.268 e. The maximum atomic E-state index is 13.0. The Morgan fingerprint density at radius 3 is 2.08 bits per heavy atom. The van der Waals surface area contributed by atoms with Gasteiger partial charge in [0, 0.05) is 0 Å². The van der Waals surface area contributed by atoms with Crippen molar-refractivity contribution in [1.29, 1.82) is 5.26 Å². The summed E-state index contributed by atoms with van der Waals surface area (Å²) in [7, 11) is 0. The van der Waals surface area contributed by atoms with Gasteiger partial charge < -0.3 is 0 Å². The zero-order chi connectivity index (χ0) is 17.4. The molecule has 4 nitrogen and oxygen atoms in total. The lowest BCUT2D eigenvalue weighted by atomic mass is 9.96. The van der Waals surface area contributed by atoms with E-state index in [1.54, 1.807) is 60.7 Å². The maximum Gasteiger partial charge on any atom is 0.266 e. The second kappa shape index (κ2) is 5.73. The molecule has 3 aromatic carbocycles. The predicted molar refractivity (Wildman–Crippen MR) is 94.2 cm³/mol. The molecule has 0 spiro atoms. The number of fused-ring (bicyclic) bond motifs is 1. The number of carbonyl (C=O) groups excluding carboxylic acids is 2. The molecule has 25 heavy (non-hydrogen) atoms. The minimum absolute atomic E-state index is 0.318. The van der Waals surface area contributed by atoms with Crippen molar-refractivity contribution in [3.05, 3.63) is 89.5 Å². The monoisotopic (exact) mass is 324 g/mol. The second-order valence-corrected chi connectivity index (χ2v) is 5.70. The van der Waals surface area contributed by atoms with Crippen molar-refractivity contribution in [2.45, 2.75) is 0 Å². The molecule has 0 fully saturated rings. The molecule has 0 atom stereocenters. The zero-order valence-electron chi connectivity index (χ0n) is 13.1. The van der Waals surface area contributed by atoms with Crippen molar-refractivity contribution in [3.8, 4) is 17.2 Å². The number of carbonyl (C=O) groups is 2. The van der Waals surface area contributed by atoms with Crippen molar-refractivity contribution in [2.24, 2.45) is 0 Å². The first-order valence-electron chi connectivity index (χ1n) is 7.78. The number of anilines is 1. The van der Waals surface area contributed by atoms with Crippen LogP contribution in [-0.2, 0) is 0 Å². The number of benzene rings is 3. The summed E-state index contributed by atoms with van der Waals surface area (Å²) in [5.74, 6) is -0.646. The third kappa shape index (κ3) is 2.30. The average molecular weight is 324 g/mol. The van der Waals surface area contributed by atoms with E-state index in [4.69, 9.17) is 5.26 Å². The van der Waals surface area contributed by atoms with Gasteiger partial charge in [-0.15, -0.1) is 0 Å². The number of hydrogen-bond donors (Lipinski definition) is 0. The zero-order valence-corrected chi connectivity index (χ0v) is 13.1. The van der Waals surface area contributed by atoms with E-state index in [1.165, 1.54) is 4.90 Å². The summed E-state index contributed by atoms with van der Waals surface area (Å²) in [6, 6.07) is 23.2. The molecule has 2 amide bonds. The third-order valence-electron chi connectivity index (χ3n) is 4.25. The number of imide groups is 1. The topological polar surface area (TPSA) is 61.2 Å². The molecule has 0 unspecified atom stereocenters. The van der Waals surface area contributed by atoms with Crippen molar-refractivity contribution in [3.63, 3.8) is 0 Å². The highest BCUT2D eigenvalue weighted by atomic mass is 16.2. The summed E-state index contributed by atoms with van der Waals surface area (Å²) >= 11 is 0. The quantitative estimate of drug-likeness (QED) is 0.669. The maximum absolute atomic E-state index is 13.0. The van der Waals surface area contributed by atoms with Crippen LogP contribution < -0.4 is 4.90 Å². The van der Waals surface area contributed by atoms with E-state index in [0.29, 0.717) is 27.9 Å². The molecule has 0 saturated heterocycles. The van der Waals surface area contributed by atoms with Crippen LogP contribution in [0.1, 0.15) is 26.3 Å². The Bertz CT molecular complexity index is 1030. The highest BCUT2D eigenvalue weighted by molar-refractivity contribution is 6.36. The molecule has 0 saturated carbocycles. The van der Waals surface area contributed by atoms with E-state index in [0.717, 1.165) is 5.56 Å². The summed E-state index contributed by atoms with van der Waals surface area (Å²) in [6.07, 6.45) is 0. The molecule has 1 aliphatic heterocycles. The molecular weight excluding hydrogens is 312 g/mol. The molecule has 0 bridgehead atoms. The van der Waals surface area contributed by atoms with Crippen LogP contribution in [0.15, 0.2) is 72.8 Å². The Balaban J connectivity index is 1.85. The summed E-state index contributed by atoms with van der Waals surface area (Å²) in [5.41, 5.74) is 3.39. The molecule has 0 radical (unpaired) electrons. The smallest absolute Gasteiger partial charge is 0.266 e. The molecule has 118 valence electrons. The van der Waals surface area contributed by atoms with Crippen LogP contribution in [0.4, 0.5) is 5.69 Å². The Morgan fingerprint density at radius 1 is 0.720 bits per heavy atom. The van der Waals surface area contributed by atoms with Gasteiger partial charge in [0.2, 0.25) is 0 Å².